The Morgan fingerprint density at radius 1 is 1.38 bits per heavy atom. The van der Waals surface area contributed by atoms with Crippen LogP contribution in [-0.4, -0.2) is 11.7 Å². The van der Waals surface area contributed by atoms with Gasteiger partial charge in [-0.05, 0) is 36.7 Å². The molecule has 1 saturated heterocycles. The second-order valence-corrected chi connectivity index (χ2v) is 4.86. The molecule has 0 N–H and O–H groups in total. The molecule has 13 heavy (non-hydrogen) atoms. The Kier molecular flexibility index (Phi) is 1.48. The van der Waals surface area contributed by atoms with Crippen molar-refractivity contribution in [2.75, 3.05) is 0 Å². The van der Waals surface area contributed by atoms with Crippen LogP contribution >= 0.6 is 0 Å². The molecular formula is C12H18O. The van der Waals surface area contributed by atoms with Crippen LogP contribution < -0.4 is 0 Å². The van der Waals surface area contributed by atoms with Crippen LogP contribution in [-0.2, 0) is 4.74 Å². The molecule has 1 heteroatoms. The van der Waals surface area contributed by atoms with Crippen molar-refractivity contribution in [1.82, 2.24) is 0 Å². The SMILES string of the molecule is C=C(CC)[C@H]1OC12C1CCCC[C@H]12. The van der Waals surface area contributed by atoms with E-state index >= 15 is 0 Å². The van der Waals surface area contributed by atoms with E-state index in [0.29, 0.717) is 11.7 Å². The molecule has 4 atom stereocenters. The van der Waals surface area contributed by atoms with Crippen LogP contribution in [0.15, 0.2) is 12.2 Å². The van der Waals surface area contributed by atoms with Gasteiger partial charge in [0.2, 0.25) is 0 Å². The lowest BCUT2D eigenvalue weighted by Crippen LogP contribution is -1.99. The van der Waals surface area contributed by atoms with Gasteiger partial charge in [-0.25, -0.2) is 0 Å². The standard InChI is InChI=1S/C12H18O/c1-3-8(2)11-12(13-11)9-6-4-5-7-10(9)12/h9-11H,2-7H2,1H3/t9-,10?,11-,12?/m1/s1. The van der Waals surface area contributed by atoms with Gasteiger partial charge in [-0.3, -0.25) is 0 Å². The fraction of sp³-hybridized carbons (Fsp3) is 0.833. The average Bonchev–Trinajstić information content (AvgIpc) is 3.06. The van der Waals surface area contributed by atoms with Gasteiger partial charge in [0, 0.05) is 0 Å². The summed E-state index contributed by atoms with van der Waals surface area (Å²) >= 11 is 0. The number of hydrogen-bond donors (Lipinski definition) is 0. The lowest BCUT2D eigenvalue weighted by Gasteiger charge is -2.03. The molecule has 2 unspecified atom stereocenters. The highest BCUT2D eigenvalue weighted by Crippen LogP contribution is 2.72. The van der Waals surface area contributed by atoms with Gasteiger partial charge < -0.3 is 4.74 Å². The molecule has 1 spiro atoms. The topological polar surface area (TPSA) is 12.5 Å². The molecule has 0 aromatic rings. The molecular weight excluding hydrogens is 160 g/mol. The van der Waals surface area contributed by atoms with Gasteiger partial charge in [0.05, 0.1) is 0 Å². The molecule has 3 aliphatic rings. The fourth-order valence-electron chi connectivity index (χ4n) is 3.44. The average molecular weight is 178 g/mol. The summed E-state index contributed by atoms with van der Waals surface area (Å²) < 4.78 is 5.92. The van der Waals surface area contributed by atoms with Crippen molar-refractivity contribution in [1.29, 1.82) is 0 Å². The van der Waals surface area contributed by atoms with Gasteiger partial charge in [0.15, 0.2) is 0 Å². The number of epoxide rings is 1. The van der Waals surface area contributed by atoms with E-state index in [0.717, 1.165) is 18.3 Å². The molecule has 0 amide bonds. The van der Waals surface area contributed by atoms with E-state index in [9.17, 15) is 0 Å². The number of ether oxygens (including phenoxy) is 1. The van der Waals surface area contributed by atoms with Gasteiger partial charge in [-0.2, -0.15) is 0 Å². The predicted molar refractivity (Wildman–Crippen MR) is 52.5 cm³/mol. The van der Waals surface area contributed by atoms with Crippen LogP contribution in [0.2, 0.25) is 0 Å². The third kappa shape index (κ3) is 0.864. The Balaban J connectivity index is 1.72. The zero-order valence-corrected chi connectivity index (χ0v) is 8.38. The monoisotopic (exact) mass is 178 g/mol. The largest absolute Gasteiger partial charge is 0.361 e. The first kappa shape index (κ1) is 8.05. The summed E-state index contributed by atoms with van der Waals surface area (Å²) in [5.41, 5.74) is 1.67. The lowest BCUT2D eigenvalue weighted by molar-refractivity contribution is 0.353. The Bertz CT molecular complexity index is 244. The van der Waals surface area contributed by atoms with E-state index in [1.54, 1.807) is 0 Å². The predicted octanol–water partition coefficient (Wildman–Crippen LogP) is 2.91. The van der Waals surface area contributed by atoms with Crippen molar-refractivity contribution in [3.05, 3.63) is 12.2 Å². The summed E-state index contributed by atoms with van der Waals surface area (Å²) in [4.78, 5) is 0. The summed E-state index contributed by atoms with van der Waals surface area (Å²) in [7, 11) is 0. The van der Waals surface area contributed by atoms with Crippen molar-refractivity contribution in [2.45, 2.75) is 50.7 Å². The van der Waals surface area contributed by atoms with Crippen molar-refractivity contribution in [2.24, 2.45) is 11.8 Å². The first-order valence-corrected chi connectivity index (χ1v) is 5.66. The van der Waals surface area contributed by atoms with Gasteiger partial charge in [0.25, 0.3) is 0 Å². The Morgan fingerprint density at radius 3 is 2.54 bits per heavy atom. The summed E-state index contributed by atoms with van der Waals surface area (Å²) in [6.45, 7) is 6.29. The second-order valence-electron chi connectivity index (χ2n) is 4.86. The van der Waals surface area contributed by atoms with Crippen LogP contribution in [0.1, 0.15) is 39.0 Å². The van der Waals surface area contributed by atoms with E-state index < -0.39 is 0 Å². The highest BCUT2D eigenvalue weighted by atomic mass is 16.6. The Morgan fingerprint density at radius 2 is 2.00 bits per heavy atom. The van der Waals surface area contributed by atoms with Crippen LogP contribution in [0.3, 0.4) is 0 Å². The minimum Gasteiger partial charge on any atom is -0.361 e. The third-order valence-corrected chi connectivity index (χ3v) is 4.32. The maximum absolute atomic E-state index is 5.92. The zero-order valence-electron chi connectivity index (χ0n) is 8.38. The van der Waals surface area contributed by atoms with E-state index in [1.807, 2.05) is 0 Å². The van der Waals surface area contributed by atoms with E-state index in [1.165, 1.54) is 31.3 Å². The van der Waals surface area contributed by atoms with Crippen molar-refractivity contribution >= 4 is 0 Å². The van der Waals surface area contributed by atoms with E-state index in [-0.39, 0.29) is 0 Å². The molecule has 0 bridgehead atoms. The molecule has 2 aliphatic carbocycles. The maximum Gasteiger partial charge on any atom is 0.109 e. The molecule has 1 aliphatic heterocycles. The minimum atomic E-state index is 0.337. The quantitative estimate of drug-likeness (QED) is 0.468. The molecule has 0 aromatic heterocycles. The Hall–Kier alpha value is -0.300. The molecule has 1 nitrogen and oxygen atoms in total. The molecule has 0 aromatic carbocycles. The maximum atomic E-state index is 5.92. The molecule has 72 valence electrons. The van der Waals surface area contributed by atoms with Crippen molar-refractivity contribution < 1.29 is 4.74 Å². The molecule has 3 fully saturated rings. The highest BCUT2D eigenvalue weighted by Gasteiger charge is 2.80. The van der Waals surface area contributed by atoms with E-state index in [2.05, 4.69) is 13.5 Å². The first-order valence-electron chi connectivity index (χ1n) is 5.66. The summed E-state index contributed by atoms with van der Waals surface area (Å²) in [6.07, 6.45) is 7.22. The third-order valence-electron chi connectivity index (χ3n) is 4.32. The van der Waals surface area contributed by atoms with Gasteiger partial charge in [0.1, 0.15) is 11.7 Å². The fourth-order valence-corrected chi connectivity index (χ4v) is 3.44. The summed E-state index contributed by atoms with van der Waals surface area (Å²) in [5.74, 6) is 1.82. The van der Waals surface area contributed by atoms with Crippen LogP contribution in [0.5, 0.6) is 0 Å². The van der Waals surface area contributed by atoms with Crippen molar-refractivity contribution in [3.8, 4) is 0 Å². The Labute approximate surface area is 80.2 Å². The van der Waals surface area contributed by atoms with Gasteiger partial charge in [-0.1, -0.05) is 26.3 Å². The van der Waals surface area contributed by atoms with Gasteiger partial charge >= 0.3 is 0 Å². The number of rotatable bonds is 2. The smallest absolute Gasteiger partial charge is 0.109 e. The summed E-state index contributed by atoms with van der Waals surface area (Å²) in [5, 5.41) is 0. The van der Waals surface area contributed by atoms with Crippen molar-refractivity contribution in [3.63, 3.8) is 0 Å². The molecule has 3 rings (SSSR count). The normalized spacial score (nSPS) is 51.6. The summed E-state index contributed by atoms with van der Waals surface area (Å²) in [6, 6.07) is 0. The number of hydrogen-bond acceptors (Lipinski definition) is 1. The zero-order chi connectivity index (χ0) is 9.05. The van der Waals surface area contributed by atoms with Crippen LogP contribution in [0, 0.1) is 11.8 Å². The lowest BCUT2D eigenvalue weighted by atomic mass is 10.0. The first-order chi connectivity index (χ1) is 6.30. The molecule has 0 radical (unpaired) electrons. The number of fused-ring (bicyclic) bond motifs is 3. The second kappa shape index (κ2) is 2.38. The van der Waals surface area contributed by atoms with E-state index in [4.69, 9.17) is 4.74 Å². The van der Waals surface area contributed by atoms with Crippen LogP contribution in [0.25, 0.3) is 0 Å². The highest BCUT2D eigenvalue weighted by molar-refractivity contribution is 5.35. The molecule has 2 saturated carbocycles. The van der Waals surface area contributed by atoms with Crippen LogP contribution in [0.4, 0.5) is 0 Å². The van der Waals surface area contributed by atoms with Gasteiger partial charge in [-0.15, -0.1) is 0 Å². The molecule has 1 heterocycles. The minimum absolute atomic E-state index is 0.337.